The summed E-state index contributed by atoms with van der Waals surface area (Å²) in [6.45, 7) is 2.18. The van der Waals surface area contributed by atoms with E-state index < -0.39 is 0 Å². The molecule has 1 fully saturated rings. The predicted octanol–water partition coefficient (Wildman–Crippen LogP) is 3.22. The van der Waals surface area contributed by atoms with Gasteiger partial charge in [0.15, 0.2) is 0 Å². The molecule has 1 aliphatic heterocycles. The van der Waals surface area contributed by atoms with Gasteiger partial charge in [-0.15, -0.1) is 0 Å². The molecule has 1 saturated heterocycles. The third-order valence-electron chi connectivity index (χ3n) is 3.76. The average molecular weight is 317 g/mol. The Bertz CT molecular complexity index is 550. The van der Waals surface area contributed by atoms with Crippen molar-refractivity contribution in [3.63, 3.8) is 0 Å². The third-order valence-corrected chi connectivity index (χ3v) is 4.20. The lowest BCUT2D eigenvalue weighted by Crippen LogP contribution is -2.56. The van der Waals surface area contributed by atoms with Gasteiger partial charge in [-0.25, -0.2) is 0 Å². The van der Waals surface area contributed by atoms with E-state index in [1.807, 2.05) is 12.4 Å². The molecule has 3 rings (SSSR count). The highest BCUT2D eigenvalue weighted by Crippen LogP contribution is 2.32. The molecule has 2 nitrogen and oxygen atoms in total. The Hall–Kier alpha value is -1.19. The molecule has 98 valence electrons. The van der Waals surface area contributed by atoms with E-state index in [0.717, 1.165) is 30.4 Å². The van der Waals surface area contributed by atoms with Crippen LogP contribution in [0.2, 0.25) is 0 Å². The maximum absolute atomic E-state index is 4.27. The van der Waals surface area contributed by atoms with Crippen LogP contribution in [0.4, 0.5) is 0 Å². The van der Waals surface area contributed by atoms with E-state index in [1.165, 1.54) is 11.1 Å². The summed E-state index contributed by atoms with van der Waals surface area (Å²) in [6, 6.07) is 12.9. The largest absolute Gasteiger partial charge is 0.315 e. The van der Waals surface area contributed by atoms with Crippen LogP contribution in [0.1, 0.15) is 11.1 Å². The molecule has 2 heterocycles. The summed E-state index contributed by atoms with van der Waals surface area (Å²) in [5.41, 5.74) is 3.09. The second-order valence-corrected chi connectivity index (χ2v) is 6.37. The summed E-state index contributed by atoms with van der Waals surface area (Å²) >= 11 is 3.50. The van der Waals surface area contributed by atoms with Crippen LogP contribution < -0.4 is 5.32 Å². The quantitative estimate of drug-likeness (QED) is 0.936. The molecule has 2 aromatic rings. The molecule has 0 radical (unpaired) electrons. The highest BCUT2D eigenvalue weighted by atomic mass is 79.9. The molecule has 0 aliphatic carbocycles. The highest BCUT2D eigenvalue weighted by molar-refractivity contribution is 9.10. The topological polar surface area (TPSA) is 24.9 Å². The number of hydrogen-bond acceptors (Lipinski definition) is 2. The number of nitrogens with one attached hydrogen (secondary N) is 1. The molecule has 0 bridgehead atoms. The number of rotatable bonds is 4. The van der Waals surface area contributed by atoms with Gasteiger partial charge in [-0.3, -0.25) is 4.98 Å². The van der Waals surface area contributed by atoms with Crippen molar-refractivity contribution in [2.45, 2.75) is 12.8 Å². The molecule has 3 heteroatoms. The molecule has 0 saturated carbocycles. The lowest BCUT2D eigenvalue weighted by molar-refractivity contribution is 0.166. The van der Waals surface area contributed by atoms with Crippen LogP contribution in [0, 0.1) is 5.41 Å². The predicted molar refractivity (Wildman–Crippen MR) is 81.1 cm³/mol. The van der Waals surface area contributed by atoms with E-state index in [4.69, 9.17) is 0 Å². The zero-order valence-electron chi connectivity index (χ0n) is 10.8. The fraction of sp³-hybridized carbons (Fsp3) is 0.312. The fourth-order valence-electron chi connectivity index (χ4n) is 2.81. The number of halogens is 1. The van der Waals surface area contributed by atoms with Gasteiger partial charge in [-0.05, 0) is 46.0 Å². The van der Waals surface area contributed by atoms with Gasteiger partial charge in [-0.1, -0.05) is 30.3 Å². The molecule has 0 spiro atoms. The molecule has 1 aromatic heterocycles. The Kier molecular flexibility index (Phi) is 3.67. The van der Waals surface area contributed by atoms with Crippen molar-refractivity contribution in [2.24, 2.45) is 5.41 Å². The van der Waals surface area contributed by atoms with Crippen LogP contribution in [0.25, 0.3) is 0 Å². The lowest BCUT2D eigenvalue weighted by Gasteiger charge is -2.43. The van der Waals surface area contributed by atoms with E-state index in [-0.39, 0.29) is 0 Å². The van der Waals surface area contributed by atoms with Crippen molar-refractivity contribution >= 4 is 15.9 Å². The number of hydrogen-bond donors (Lipinski definition) is 1. The van der Waals surface area contributed by atoms with Crippen LogP contribution in [-0.2, 0) is 12.8 Å². The van der Waals surface area contributed by atoms with Gasteiger partial charge < -0.3 is 5.32 Å². The van der Waals surface area contributed by atoms with Crippen LogP contribution in [0.15, 0.2) is 53.3 Å². The number of aromatic nitrogens is 1. The Morgan fingerprint density at radius 2 is 1.79 bits per heavy atom. The van der Waals surface area contributed by atoms with Crippen LogP contribution in [0.5, 0.6) is 0 Å². The monoisotopic (exact) mass is 316 g/mol. The maximum Gasteiger partial charge on any atom is 0.0410 e. The maximum atomic E-state index is 4.27. The fourth-order valence-corrected chi connectivity index (χ4v) is 3.22. The van der Waals surface area contributed by atoms with E-state index in [2.05, 4.69) is 62.6 Å². The normalized spacial score (nSPS) is 16.9. The Labute approximate surface area is 122 Å². The average Bonchev–Trinajstić information content (AvgIpc) is 2.37. The first-order valence-electron chi connectivity index (χ1n) is 6.60. The van der Waals surface area contributed by atoms with E-state index in [0.29, 0.717) is 5.41 Å². The third kappa shape index (κ3) is 3.04. The molecule has 0 amide bonds. The first-order chi connectivity index (χ1) is 9.26. The van der Waals surface area contributed by atoms with Gasteiger partial charge >= 0.3 is 0 Å². The van der Waals surface area contributed by atoms with Gasteiger partial charge in [0, 0.05) is 35.4 Å². The first kappa shape index (κ1) is 12.8. The summed E-state index contributed by atoms with van der Waals surface area (Å²) < 4.78 is 1.06. The van der Waals surface area contributed by atoms with Crippen molar-refractivity contribution in [3.05, 3.63) is 64.4 Å². The zero-order valence-corrected chi connectivity index (χ0v) is 12.4. The molecule has 0 atom stereocenters. The number of pyridine rings is 1. The van der Waals surface area contributed by atoms with E-state index >= 15 is 0 Å². The second kappa shape index (κ2) is 5.43. The minimum absolute atomic E-state index is 0.351. The Morgan fingerprint density at radius 3 is 2.42 bits per heavy atom. The summed E-state index contributed by atoms with van der Waals surface area (Å²) in [5.74, 6) is 0. The SMILES string of the molecule is Brc1cncc(CC2(Cc3ccccc3)CNC2)c1. The summed E-state index contributed by atoms with van der Waals surface area (Å²) in [7, 11) is 0. The Balaban J connectivity index is 1.76. The van der Waals surface area contributed by atoms with Gasteiger partial charge in [0.05, 0.1) is 0 Å². The minimum Gasteiger partial charge on any atom is -0.315 e. The molecular formula is C16H17BrN2. The van der Waals surface area contributed by atoms with E-state index in [1.54, 1.807) is 0 Å². The summed E-state index contributed by atoms with van der Waals surface area (Å²) in [4.78, 5) is 4.27. The van der Waals surface area contributed by atoms with Crippen molar-refractivity contribution in [2.75, 3.05) is 13.1 Å². The minimum atomic E-state index is 0.351. The molecular weight excluding hydrogens is 300 g/mol. The lowest BCUT2D eigenvalue weighted by atomic mass is 9.72. The molecule has 0 unspecified atom stereocenters. The van der Waals surface area contributed by atoms with Crippen LogP contribution in [0.3, 0.4) is 0 Å². The van der Waals surface area contributed by atoms with Crippen molar-refractivity contribution < 1.29 is 0 Å². The van der Waals surface area contributed by atoms with Gasteiger partial charge in [0.2, 0.25) is 0 Å². The molecule has 1 aromatic carbocycles. The second-order valence-electron chi connectivity index (χ2n) is 5.45. The van der Waals surface area contributed by atoms with Crippen molar-refractivity contribution in [3.8, 4) is 0 Å². The molecule has 1 N–H and O–H groups in total. The Morgan fingerprint density at radius 1 is 1.05 bits per heavy atom. The summed E-state index contributed by atoms with van der Waals surface area (Å²) in [6.07, 6.45) is 6.04. The first-order valence-corrected chi connectivity index (χ1v) is 7.39. The molecule has 19 heavy (non-hydrogen) atoms. The van der Waals surface area contributed by atoms with Crippen molar-refractivity contribution in [1.29, 1.82) is 0 Å². The molecule has 1 aliphatic rings. The number of nitrogens with zero attached hydrogens (tertiary/aromatic N) is 1. The van der Waals surface area contributed by atoms with Crippen LogP contribution in [-0.4, -0.2) is 18.1 Å². The summed E-state index contributed by atoms with van der Waals surface area (Å²) in [5, 5.41) is 3.43. The zero-order chi connectivity index (χ0) is 13.1. The standard InChI is InChI=1S/C16H17BrN2/c17-15-6-14(9-18-10-15)8-16(11-19-12-16)7-13-4-2-1-3-5-13/h1-6,9-10,19H,7-8,11-12H2. The van der Waals surface area contributed by atoms with E-state index in [9.17, 15) is 0 Å². The smallest absolute Gasteiger partial charge is 0.0410 e. The van der Waals surface area contributed by atoms with Gasteiger partial charge in [0.25, 0.3) is 0 Å². The van der Waals surface area contributed by atoms with Crippen molar-refractivity contribution in [1.82, 2.24) is 10.3 Å². The van der Waals surface area contributed by atoms with Gasteiger partial charge in [-0.2, -0.15) is 0 Å². The number of benzene rings is 1. The van der Waals surface area contributed by atoms with Gasteiger partial charge in [0.1, 0.15) is 0 Å². The van der Waals surface area contributed by atoms with Crippen LogP contribution >= 0.6 is 15.9 Å². The highest BCUT2D eigenvalue weighted by Gasteiger charge is 2.37.